The van der Waals surface area contributed by atoms with Crippen molar-refractivity contribution >= 4 is 6.01 Å². The van der Waals surface area contributed by atoms with Crippen molar-refractivity contribution in [2.24, 2.45) is 5.92 Å². The Balaban J connectivity index is 1.39. The third kappa shape index (κ3) is 3.84. The van der Waals surface area contributed by atoms with E-state index in [1.807, 2.05) is 30.3 Å². The summed E-state index contributed by atoms with van der Waals surface area (Å²) in [6, 6.07) is 22.8. The highest BCUT2D eigenvalue weighted by atomic mass is 16.5. The van der Waals surface area contributed by atoms with Crippen molar-refractivity contribution in [1.82, 2.24) is 15.2 Å². The summed E-state index contributed by atoms with van der Waals surface area (Å²) in [7, 11) is 0. The van der Waals surface area contributed by atoms with Crippen molar-refractivity contribution < 1.29 is 9.15 Å². The summed E-state index contributed by atoms with van der Waals surface area (Å²) in [5.74, 6) is 1.89. The zero-order chi connectivity index (χ0) is 22.0. The lowest BCUT2D eigenvalue weighted by Gasteiger charge is -2.44. The molecule has 6 nitrogen and oxygen atoms in total. The van der Waals surface area contributed by atoms with Gasteiger partial charge in [0.2, 0.25) is 5.89 Å². The zero-order valence-electron chi connectivity index (χ0n) is 18.1. The topological polar surface area (TPSA) is 87.1 Å². The Labute approximate surface area is 187 Å². The Bertz CT molecular complexity index is 1170. The van der Waals surface area contributed by atoms with Crippen LogP contribution in [0, 0.1) is 5.92 Å². The number of nitrogens with zero attached hydrogens (tertiary/aromatic N) is 3. The molecule has 2 heterocycles. The van der Waals surface area contributed by atoms with Crippen molar-refractivity contribution in [3.05, 3.63) is 89.7 Å². The predicted octanol–water partition coefficient (Wildman–Crippen LogP) is 5.40. The van der Waals surface area contributed by atoms with Crippen LogP contribution in [0.3, 0.4) is 0 Å². The summed E-state index contributed by atoms with van der Waals surface area (Å²) < 4.78 is 11.3. The van der Waals surface area contributed by atoms with Gasteiger partial charge in [-0.05, 0) is 66.3 Å². The minimum absolute atomic E-state index is 0.0775. The van der Waals surface area contributed by atoms with E-state index in [-0.39, 0.29) is 11.4 Å². The lowest BCUT2D eigenvalue weighted by atomic mass is 9.60. The Hall–Kier alpha value is -3.67. The second-order valence-corrected chi connectivity index (χ2v) is 8.49. The quantitative estimate of drug-likeness (QED) is 0.426. The first-order valence-corrected chi connectivity index (χ1v) is 11.0. The molecule has 1 saturated carbocycles. The van der Waals surface area contributed by atoms with Gasteiger partial charge in [0.05, 0.1) is 5.69 Å². The number of ether oxygens (including phenoxy) is 1. The van der Waals surface area contributed by atoms with Gasteiger partial charge in [-0.3, -0.25) is 4.98 Å². The lowest BCUT2D eigenvalue weighted by molar-refractivity contribution is 0.211. The van der Waals surface area contributed by atoms with Gasteiger partial charge >= 0.3 is 6.01 Å². The number of aromatic nitrogens is 3. The summed E-state index contributed by atoms with van der Waals surface area (Å²) in [6.07, 6.45) is 5.53. The van der Waals surface area contributed by atoms with E-state index in [1.54, 1.807) is 6.20 Å². The first-order chi connectivity index (χ1) is 15.6. The summed E-state index contributed by atoms with van der Waals surface area (Å²) >= 11 is 0. The van der Waals surface area contributed by atoms with Gasteiger partial charge in [0.25, 0.3) is 0 Å². The highest BCUT2D eigenvalue weighted by molar-refractivity contribution is 5.55. The van der Waals surface area contributed by atoms with E-state index in [0.717, 1.165) is 17.0 Å². The smallest absolute Gasteiger partial charge is 0.313 e. The van der Waals surface area contributed by atoms with E-state index < -0.39 is 0 Å². The fraction of sp³-hybridized carbons (Fsp3) is 0.269. The second kappa shape index (κ2) is 8.46. The van der Waals surface area contributed by atoms with Crippen LogP contribution in [0.1, 0.15) is 43.0 Å². The molecule has 4 aromatic rings. The Kier molecular flexibility index (Phi) is 5.35. The first-order valence-electron chi connectivity index (χ1n) is 11.0. The molecular weight excluding hydrogens is 400 g/mol. The molecule has 1 atom stereocenters. The zero-order valence-corrected chi connectivity index (χ0v) is 18.1. The standard InChI is InChI=1S/C26H26N4O2/c1-26(19-5-4-6-19,20-10-8-18(9-11-20)24-29-30-25(27)32-24)21-12-14-23(15-13-21)31-17-22-7-2-3-16-28-22/h2-3,7-16,19H,4-6,17H2,1H3,(H2,27,30). The van der Waals surface area contributed by atoms with E-state index in [9.17, 15) is 0 Å². The molecule has 0 amide bonds. The molecule has 6 heteroatoms. The van der Waals surface area contributed by atoms with E-state index in [1.165, 1.54) is 30.4 Å². The maximum absolute atomic E-state index is 5.94. The molecule has 1 fully saturated rings. The number of nitrogen functional groups attached to an aromatic ring is 1. The summed E-state index contributed by atoms with van der Waals surface area (Å²) in [6.45, 7) is 2.81. The van der Waals surface area contributed by atoms with Crippen molar-refractivity contribution in [2.75, 3.05) is 5.73 Å². The highest BCUT2D eigenvalue weighted by Crippen LogP contribution is 2.48. The molecule has 0 bridgehead atoms. The molecule has 162 valence electrons. The van der Waals surface area contributed by atoms with Crippen LogP contribution in [0.2, 0.25) is 0 Å². The number of pyridine rings is 1. The van der Waals surface area contributed by atoms with E-state index in [0.29, 0.717) is 18.4 Å². The number of hydrogen-bond donors (Lipinski definition) is 1. The van der Waals surface area contributed by atoms with E-state index in [4.69, 9.17) is 14.9 Å². The van der Waals surface area contributed by atoms with Crippen LogP contribution in [0.25, 0.3) is 11.5 Å². The van der Waals surface area contributed by atoms with Gasteiger partial charge < -0.3 is 14.9 Å². The van der Waals surface area contributed by atoms with Gasteiger partial charge in [-0.25, -0.2) is 0 Å². The molecular formula is C26H26N4O2. The molecule has 0 saturated heterocycles. The van der Waals surface area contributed by atoms with Crippen molar-refractivity contribution in [2.45, 2.75) is 38.2 Å². The molecule has 0 radical (unpaired) electrons. The van der Waals surface area contributed by atoms with Crippen molar-refractivity contribution in [3.63, 3.8) is 0 Å². The van der Waals surface area contributed by atoms with Crippen molar-refractivity contribution in [1.29, 1.82) is 0 Å². The monoisotopic (exact) mass is 426 g/mol. The average Bonchev–Trinajstić information content (AvgIpc) is 3.24. The average molecular weight is 427 g/mol. The number of rotatable bonds is 7. The fourth-order valence-electron chi connectivity index (χ4n) is 4.47. The largest absolute Gasteiger partial charge is 0.487 e. The molecule has 0 aliphatic heterocycles. The molecule has 2 aromatic heterocycles. The van der Waals surface area contributed by atoms with E-state index >= 15 is 0 Å². The molecule has 1 aliphatic carbocycles. The predicted molar refractivity (Wildman–Crippen MR) is 123 cm³/mol. The van der Waals surface area contributed by atoms with E-state index in [2.05, 4.69) is 58.5 Å². The molecule has 5 rings (SSSR count). The van der Waals surface area contributed by atoms with Gasteiger partial charge in [0.1, 0.15) is 12.4 Å². The summed E-state index contributed by atoms with van der Waals surface area (Å²) in [5, 5.41) is 7.74. The molecule has 2 N–H and O–H groups in total. The Morgan fingerprint density at radius 3 is 2.25 bits per heavy atom. The minimum Gasteiger partial charge on any atom is -0.487 e. The highest BCUT2D eigenvalue weighted by Gasteiger charge is 2.40. The maximum atomic E-state index is 5.94. The SMILES string of the molecule is CC(c1ccc(OCc2ccccn2)cc1)(c1ccc(-c2nnc(N)o2)cc1)C1CCC1. The second-order valence-electron chi connectivity index (χ2n) is 8.49. The van der Waals surface area contributed by atoms with Gasteiger partial charge in [-0.2, -0.15) is 0 Å². The van der Waals surface area contributed by atoms with Crippen LogP contribution >= 0.6 is 0 Å². The summed E-state index contributed by atoms with van der Waals surface area (Å²) in [4.78, 5) is 4.32. The number of benzene rings is 2. The number of hydrogen-bond acceptors (Lipinski definition) is 6. The minimum atomic E-state index is -0.0792. The van der Waals surface area contributed by atoms with Crippen LogP contribution in [-0.4, -0.2) is 15.2 Å². The van der Waals surface area contributed by atoms with Crippen LogP contribution in [0.5, 0.6) is 5.75 Å². The molecule has 2 aromatic carbocycles. The molecule has 1 aliphatic rings. The maximum Gasteiger partial charge on any atom is 0.313 e. The Morgan fingerprint density at radius 1 is 0.969 bits per heavy atom. The van der Waals surface area contributed by atoms with Crippen LogP contribution in [-0.2, 0) is 12.0 Å². The first kappa shape index (κ1) is 20.2. The third-order valence-electron chi connectivity index (χ3n) is 6.66. The molecule has 0 spiro atoms. The normalized spacial score (nSPS) is 15.7. The lowest BCUT2D eigenvalue weighted by Crippen LogP contribution is -2.37. The summed E-state index contributed by atoms with van der Waals surface area (Å²) in [5.41, 5.74) is 9.85. The Morgan fingerprint density at radius 2 is 1.69 bits per heavy atom. The van der Waals surface area contributed by atoms with Gasteiger partial charge in [-0.1, -0.05) is 48.8 Å². The van der Waals surface area contributed by atoms with Crippen LogP contribution in [0.15, 0.2) is 77.3 Å². The van der Waals surface area contributed by atoms with Gasteiger partial charge in [-0.15, -0.1) is 5.10 Å². The third-order valence-corrected chi connectivity index (χ3v) is 6.66. The number of nitrogens with two attached hydrogens (primary N) is 1. The molecule has 1 unspecified atom stereocenters. The molecule has 32 heavy (non-hydrogen) atoms. The van der Waals surface area contributed by atoms with Crippen LogP contribution < -0.4 is 10.5 Å². The van der Waals surface area contributed by atoms with Crippen LogP contribution in [0.4, 0.5) is 6.01 Å². The van der Waals surface area contributed by atoms with Gasteiger partial charge in [0.15, 0.2) is 0 Å². The fourth-order valence-corrected chi connectivity index (χ4v) is 4.47. The van der Waals surface area contributed by atoms with Gasteiger partial charge in [0, 0.05) is 17.2 Å². The van der Waals surface area contributed by atoms with Crippen molar-refractivity contribution in [3.8, 4) is 17.2 Å². The number of anilines is 1.